The second-order valence-corrected chi connectivity index (χ2v) is 4.29. The van der Waals surface area contributed by atoms with Gasteiger partial charge in [0.1, 0.15) is 13.0 Å². The maximum Gasteiger partial charge on any atom is 0.317 e. The van der Waals surface area contributed by atoms with Gasteiger partial charge in [-0.3, -0.25) is 9.59 Å². The summed E-state index contributed by atoms with van der Waals surface area (Å²) < 4.78 is 43.3. The zero-order chi connectivity index (χ0) is 15.3. The minimum absolute atomic E-state index is 0.149. The van der Waals surface area contributed by atoms with Crippen molar-refractivity contribution in [3.63, 3.8) is 0 Å². The standard InChI is InChI=1S/C12H10ClF3O4/c13-9-2-1-7(3-8(9)12(15,16)6-14)5-20-11(19)4-10(17)18/h1-3H,4-6H2,(H,17,18). The number of hydrogen-bond donors (Lipinski definition) is 1. The van der Waals surface area contributed by atoms with Crippen LogP contribution in [-0.4, -0.2) is 23.7 Å². The van der Waals surface area contributed by atoms with Crippen molar-refractivity contribution < 1.29 is 32.6 Å². The van der Waals surface area contributed by atoms with Gasteiger partial charge in [-0.2, -0.15) is 8.78 Å². The van der Waals surface area contributed by atoms with Crippen LogP contribution < -0.4 is 0 Å². The van der Waals surface area contributed by atoms with E-state index < -0.39 is 43.1 Å². The lowest BCUT2D eigenvalue weighted by molar-refractivity contribution is -0.152. The minimum atomic E-state index is -3.74. The van der Waals surface area contributed by atoms with Gasteiger partial charge in [0.2, 0.25) is 0 Å². The summed E-state index contributed by atoms with van der Waals surface area (Å²) in [6, 6.07) is 3.35. The number of carboxylic acid groups (broad SMARTS) is 1. The van der Waals surface area contributed by atoms with Gasteiger partial charge in [-0.15, -0.1) is 0 Å². The largest absolute Gasteiger partial charge is 0.481 e. The van der Waals surface area contributed by atoms with Crippen LogP contribution in [0.25, 0.3) is 0 Å². The molecule has 0 aromatic heterocycles. The van der Waals surface area contributed by atoms with Gasteiger partial charge < -0.3 is 9.84 Å². The number of carbonyl (C=O) groups is 2. The van der Waals surface area contributed by atoms with E-state index in [0.29, 0.717) is 0 Å². The quantitative estimate of drug-likeness (QED) is 0.648. The summed E-state index contributed by atoms with van der Waals surface area (Å²) in [7, 11) is 0. The number of ether oxygens (including phenoxy) is 1. The summed E-state index contributed by atoms with van der Waals surface area (Å²) in [6.07, 6.45) is -0.832. The first kappa shape index (κ1) is 16.3. The lowest BCUT2D eigenvalue weighted by atomic mass is 10.1. The molecule has 0 fully saturated rings. The summed E-state index contributed by atoms with van der Waals surface area (Å²) in [5, 5.41) is 8.03. The molecular weight excluding hydrogens is 301 g/mol. The number of hydrogen-bond acceptors (Lipinski definition) is 3. The lowest BCUT2D eigenvalue weighted by Gasteiger charge is -2.15. The average molecular weight is 311 g/mol. The van der Waals surface area contributed by atoms with Gasteiger partial charge in [-0.25, -0.2) is 4.39 Å². The Hall–Kier alpha value is -1.76. The van der Waals surface area contributed by atoms with E-state index >= 15 is 0 Å². The molecule has 0 aliphatic carbocycles. The topological polar surface area (TPSA) is 63.6 Å². The molecule has 0 atom stereocenters. The van der Waals surface area contributed by atoms with Crippen molar-refractivity contribution in [2.24, 2.45) is 0 Å². The van der Waals surface area contributed by atoms with Crippen LogP contribution in [-0.2, 0) is 26.9 Å². The van der Waals surface area contributed by atoms with Crippen molar-refractivity contribution in [3.8, 4) is 0 Å². The number of aliphatic carboxylic acids is 1. The molecule has 0 aliphatic heterocycles. The zero-order valence-electron chi connectivity index (χ0n) is 10.0. The Bertz CT molecular complexity index is 519. The summed E-state index contributed by atoms with van der Waals surface area (Å²) in [5.41, 5.74) is -0.565. The molecule has 1 N–H and O–H groups in total. The van der Waals surface area contributed by atoms with Crippen molar-refractivity contribution in [1.82, 2.24) is 0 Å². The molecular formula is C12H10ClF3O4. The first-order valence-electron chi connectivity index (χ1n) is 5.36. The highest BCUT2D eigenvalue weighted by Crippen LogP contribution is 2.34. The third-order valence-corrected chi connectivity index (χ3v) is 2.62. The zero-order valence-corrected chi connectivity index (χ0v) is 10.8. The highest BCUT2D eigenvalue weighted by molar-refractivity contribution is 6.31. The van der Waals surface area contributed by atoms with Gasteiger partial charge >= 0.3 is 17.9 Å². The van der Waals surface area contributed by atoms with Gasteiger partial charge in [0.25, 0.3) is 0 Å². The molecule has 1 aromatic carbocycles. The maximum atomic E-state index is 13.3. The monoisotopic (exact) mass is 310 g/mol. The van der Waals surface area contributed by atoms with Gasteiger partial charge in [0.05, 0.1) is 0 Å². The fraction of sp³-hybridized carbons (Fsp3) is 0.333. The van der Waals surface area contributed by atoms with Gasteiger partial charge in [-0.05, 0) is 17.7 Å². The highest BCUT2D eigenvalue weighted by atomic mass is 35.5. The molecule has 0 heterocycles. The molecule has 1 aromatic rings. The number of halogens is 4. The summed E-state index contributed by atoms with van der Waals surface area (Å²) in [4.78, 5) is 21.2. The number of carbonyl (C=O) groups excluding carboxylic acids is 1. The molecule has 0 bridgehead atoms. The Morgan fingerprint density at radius 3 is 2.55 bits per heavy atom. The number of benzene rings is 1. The number of esters is 1. The van der Waals surface area contributed by atoms with Crippen LogP contribution in [0.4, 0.5) is 13.2 Å². The van der Waals surface area contributed by atoms with Crippen molar-refractivity contribution in [2.45, 2.75) is 19.0 Å². The highest BCUT2D eigenvalue weighted by Gasteiger charge is 2.34. The van der Waals surface area contributed by atoms with Crippen molar-refractivity contribution in [3.05, 3.63) is 34.3 Å². The van der Waals surface area contributed by atoms with Crippen LogP contribution in [0.5, 0.6) is 0 Å². The van der Waals surface area contributed by atoms with E-state index in [-0.39, 0.29) is 10.6 Å². The SMILES string of the molecule is O=C(O)CC(=O)OCc1ccc(Cl)c(C(F)(F)CF)c1. The third kappa shape index (κ3) is 4.41. The van der Waals surface area contributed by atoms with Crippen LogP contribution >= 0.6 is 11.6 Å². The molecule has 0 saturated heterocycles. The Balaban J connectivity index is 2.81. The van der Waals surface area contributed by atoms with Crippen molar-refractivity contribution in [2.75, 3.05) is 6.67 Å². The second-order valence-electron chi connectivity index (χ2n) is 3.88. The molecule has 0 spiro atoms. The Labute approximate surface area is 117 Å². The first-order valence-corrected chi connectivity index (χ1v) is 5.74. The van der Waals surface area contributed by atoms with E-state index in [9.17, 15) is 22.8 Å². The third-order valence-electron chi connectivity index (χ3n) is 2.29. The Morgan fingerprint density at radius 1 is 1.35 bits per heavy atom. The lowest BCUT2D eigenvalue weighted by Crippen LogP contribution is -2.17. The number of alkyl halides is 3. The average Bonchev–Trinajstić information content (AvgIpc) is 2.36. The predicted molar refractivity (Wildman–Crippen MR) is 63.4 cm³/mol. The van der Waals surface area contributed by atoms with Crippen LogP contribution in [0.2, 0.25) is 5.02 Å². The summed E-state index contributed by atoms with van der Waals surface area (Å²) in [6.45, 7) is -2.31. The van der Waals surface area contributed by atoms with Crippen LogP contribution in [0, 0.1) is 0 Å². The molecule has 0 amide bonds. The molecule has 0 aliphatic rings. The maximum absolute atomic E-state index is 13.3. The first-order chi connectivity index (χ1) is 9.26. The normalized spacial score (nSPS) is 11.2. The van der Waals surface area contributed by atoms with Gasteiger partial charge in [0.15, 0.2) is 6.67 Å². The molecule has 0 saturated carbocycles. The molecule has 8 heteroatoms. The number of carboxylic acids is 1. The fourth-order valence-corrected chi connectivity index (χ4v) is 1.61. The van der Waals surface area contributed by atoms with Crippen LogP contribution in [0.1, 0.15) is 17.5 Å². The van der Waals surface area contributed by atoms with Crippen LogP contribution in [0.3, 0.4) is 0 Å². The molecule has 4 nitrogen and oxygen atoms in total. The Morgan fingerprint density at radius 2 is 2.00 bits per heavy atom. The molecule has 0 radical (unpaired) electrons. The predicted octanol–water partition coefficient (Wildman–Crippen LogP) is 2.92. The Kier molecular flexibility index (Phi) is 5.38. The van der Waals surface area contributed by atoms with Crippen molar-refractivity contribution >= 4 is 23.5 Å². The smallest absolute Gasteiger partial charge is 0.317 e. The minimum Gasteiger partial charge on any atom is -0.481 e. The summed E-state index contributed by atoms with van der Waals surface area (Å²) >= 11 is 5.56. The van der Waals surface area contributed by atoms with Gasteiger partial charge in [0, 0.05) is 10.6 Å². The fourth-order valence-electron chi connectivity index (χ4n) is 1.35. The van der Waals surface area contributed by atoms with E-state index in [0.717, 1.165) is 12.1 Å². The molecule has 1 rings (SSSR count). The van der Waals surface area contributed by atoms with E-state index in [1.165, 1.54) is 6.07 Å². The second kappa shape index (κ2) is 6.60. The molecule has 110 valence electrons. The van der Waals surface area contributed by atoms with Gasteiger partial charge in [-0.1, -0.05) is 17.7 Å². The molecule has 20 heavy (non-hydrogen) atoms. The number of rotatable bonds is 6. The molecule has 0 unspecified atom stereocenters. The van der Waals surface area contributed by atoms with Crippen molar-refractivity contribution in [1.29, 1.82) is 0 Å². The van der Waals surface area contributed by atoms with E-state index in [4.69, 9.17) is 16.7 Å². The van der Waals surface area contributed by atoms with Crippen LogP contribution in [0.15, 0.2) is 18.2 Å². The van der Waals surface area contributed by atoms with E-state index in [1.807, 2.05) is 0 Å². The summed E-state index contributed by atoms with van der Waals surface area (Å²) in [5.74, 6) is -6.11. The van der Waals surface area contributed by atoms with E-state index in [1.54, 1.807) is 0 Å². The van der Waals surface area contributed by atoms with E-state index in [2.05, 4.69) is 4.74 Å².